The molecule has 0 aromatic heterocycles. The Bertz CT molecular complexity index is 254. The van der Waals surface area contributed by atoms with Crippen LogP contribution >= 0.6 is 0 Å². The number of hydrogen-bond acceptors (Lipinski definition) is 3. The topological polar surface area (TPSA) is 86.6 Å². The van der Waals surface area contributed by atoms with Crippen molar-refractivity contribution in [2.45, 2.75) is 32.2 Å². The van der Waals surface area contributed by atoms with Crippen LogP contribution in [0.3, 0.4) is 0 Å². The van der Waals surface area contributed by atoms with Gasteiger partial charge in [0.05, 0.1) is 12.5 Å². The molecule has 1 amide bonds. The average Bonchev–Trinajstić information content (AvgIpc) is 2.66. The van der Waals surface area contributed by atoms with Crippen LogP contribution in [0.5, 0.6) is 0 Å². The molecule has 0 spiro atoms. The van der Waals surface area contributed by atoms with Crippen LogP contribution in [0, 0.1) is 11.8 Å². The highest BCUT2D eigenvalue weighted by Crippen LogP contribution is 2.31. The molecule has 5 nitrogen and oxygen atoms in total. The van der Waals surface area contributed by atoms with Crippen molar-refractivity contribution >= 4 is 11.9 Å². The summed E-state index contributed by atoms with van der Waals surface area (Å²) in [5.74, 6) is -1.55. The maximum Gasteiger partial charge on any atom is 0.306 e. The van der Waals surface area contributed by atoms with E-state index in [1.165, 1.54) is 0 Å². The standard InChI is InChI=1S/C10H17NO4/c1-6(5-12)11-9(13)7-2-3-8(4-7)10(14)15/h6-8,12H,2-5H2,1H3,(H,11,13)(H,14,15)/t6?,7-,8+/m1/s1. The molecule has 3 N–H and O–H groups in total. The van der Waals surface area contributed by atoms with Gasteiger partial charge in [0.1, 0.15) is 0 Å². The van der Waals surface area contributed by atoms with E-state index in [1.54, 1.807) is 6.92 Å². The zero-order valence-electron chi connectivity index (χ0n) is 8.77. The van der Waals surface area contributed by atoms with Crippen molar-refractivity contribution in [2.24, 2.45) is 11.8 Å². The molecule has 1 saturated carbocycles. The number of aliphatic carboxylic acids is 1. The predicted octanol–water partition coefficient (Wildman–Crippen LogP) is -0.0157. The Kier molecular flexibility index (Phi) is 4.08. The molecular formula is C10H17NO4. The highest BCUT2D eigenvalue weighted by Gasteiger charge is 2.33. The van der Waals surface area contributed by atoms with Gasteiger partial charge in [0.15, 0.2) is 0 Å². The molecule has 0 radical (unpaired) electrons. The fourth-order valence-electron chi connectivity index (χ4n) is 1.85. The zero-order valence-corrected chi connectivity index (χ0v) is 8.77. The summed E-state index contributed by atoms with van der Waals surface area (Å²) in [7, 11) is 0. The number of nitrogens with one attached hydrogen (secondary N) is 1. The number of carboxylic acids is 1. The first-order valence-corrected chi connectivity index (χ1v) is 5.18. The molecule has 0 saturated heterocycles. The highest BCUT2D eigenvalue weighted by atomic mass is 16.4. The van der Waals surface area contributed by atoms with Crippen molar-refractivity contribution in [3.05, 3.63) is 0 Å². The van der Waals surface area contributed by atoms with Crippen molar-refractivity contribution in [1.29, 1.82) is 0 Å². The summed E-state index contributed by atoms with van der Waals surface area (Å²) in [5, 5.41) is 20.2. The first-order chi connectivity index (χ1) is 7.04. The van der Waals surface area contributed by atoms with E-state index >= 15 is 0 Å². The quantitative estimate of drug-likeness (QED) is 0.615. The van der Waals surface area contributed by atoms with Gasteiger partial charge in [-0.05, 0) is 26.2 Å². The van der Waals surface area contributed by atoms with E-state index in [1.807, 2.05) is 0 Å². The summed E-state index contributed by atoms with van der Waals surface area (Å²) in [4.78, 5) is 22.2. The van der Waals surface area contributed by atoms with Crippen LogP contribution in [0.2, 0.25) is 0 Å². The molecule has 1 fully saturated rings. The van der Waals surface area contributed by atoms with Gasteiger partial charge in [0.25, 0.3) is 0 Å². The van der Waals surface area contributed by atoms with Crippen molar-refractivity contribution < 1.29 is 19.8 Å². The largest absolute Gasteiger partial charge is 0.481 e. The Hall–Kier alpha value is -1.10. The van der Waals surface area contributed by atoms with E-state index in [-0.39, 0.29) is 30.4 Å². The van der Waals surface area contributed by atoms with Gasteiger partial charge in [-0.2, -0.15) is 0 Å². The number of hydrogen-bond donors (Lipinski definition) is 3. The van der Waals surface area contributed by atoms with Gasteiger partial charge in [0.2, 0.25) is 5.91 Å². The second-order valence-electron chi connectivity index (χ2n) is 4.14. The summed E-state index contributed by atoms with van der Waals surface area (Å²) in [6.45, 7) is 1.61. The van der Waals surface area contributed by atoms with E-state index in [4.69, 9.17) is 10.2 Å². The fourth-order valence-corrected chi connectivity index (χ4v) is 1.85. The van der Waals surface area contributed by atoms with Gasteiger partial charge in [-0.25, -0.2) is 0 Å². The average molecular weight is 215 g/mol. The number of carboxylic acid groups (broad SMARTS) is 1. The first-order valence-electron chi connectivity index (χ1n) is 5.18. The maximum absolute atomic E-state index is 11.6. The van der Waals surface area contributed by atoms with Crippen LogP contribution in [-0.4, -0.2) is 34.7 Å². The maximum atomic E-state index is 11.6. The van der Waals surface area contributed by atoms with Crippen molar-refractivity contribution in [3.8, 4) is 0 Å². The molecule has 0 aromatic rings. The van der Waals surface area contributed by atoms with Crippen LogP contribution < -0.4 is 5.32 Å². The molecule has 86 valence electrons. The van der Waals surface area contributed by atoms with Crippen LogP contribution in [0.15, 0.2) is 0 Å². The molecule has 15 heavy (non-hydrogen) atoms. The normalized spacial score (nSPS) is 27.3. The third kappa shape index (κ3) is 3.20. The fraction of sp³-hybridized carbons (Fsp3) is 0.800. The van der Waals surface area contributed by atoms with Gasteiger partial charge in [0, 0.05) is 12.0 Å². The number of carbonyl (C=O) groups excluding carboxylic acids is 1. The molecule has 1 aliphatic carbocycles. The Labute approximate surface area is 88.5 Å². The molecule has 0 aliphatic heterocycles. The Morgan fingerprint density at radius 3 is 2.47 bits per heavy atom. The van der Waals surface area contributed by atoms with E-state index in [2.05, 4.69) is 5.32 Å². The van der Waals surface area contributed by atoms with Crippen molar-refractivity contribution in [1.82, 2.24) is 5.32 Å². The minimum Gasteiger partial charge on any atom is -0.481 e. The van der Waals surface area contributed by atoms with Gasteiger partial charge in [-0.3, -0.25) is 9.59 Å². The van der Waals surface area contributed by atoms with E-state index < -0.39 is 5.97 Å². The molecule has 0 heterocycles. The van der Waals surface area contributed by atoms with Crippen LogP contribution in [0.4, 0.5) is 0 Å². The Balaban J connectivity index is 2.40. The molecule has 0 aromatic carbocycles. The monoisotopic (exact) mass is 215 g/mol. The van der Waals surface area contributed by atoms with Gasteiger partial charge < -0.3 is 15.5 Å². The number of amides is 1. The smallest absolute Gasteiger partial charge is 0.306 e. The number of aliphatic hydroxyl groups is 1. The Morgan fingerprint density at radius 2 is 2.00 bits per heavy atom. The minimum absolute atomic E-state index is 0.0964. The van der Waals surface area contributed by atoms with E-state index in [9.17, 15) is 9.59 Å². The zero-order chi connectivity index (χ0) is 11.4. The summed E-state index contributed by atoms with van der Waals surface area (Å²) in [6, 6.07) is -0.263. The van der Waals surface area contributed by atoms with Gasteiger partial charge >= 0.3 is 5.97 Å². The third-order valence-corrected chi connectivity index (χ3v) is 2.82. The van der Waals surface area contributed by atoms with Crippen LogP contribution in [0.1, 0.15) is 26.2 Å². The third-order valence-electron chi connectivity index (χ3n) is 2.82. The molecular weight excluding hydrogens is 198 g/mol. The molecule has 1 rings (SSSR count). The SMILES string of the molecule is CC(CO)NC(=O)[C@@H]1CC[C@H](C(=O)O)C1. The lowest BCUT2D eigenvalue weighted by atomic mass is 10.0. The second kappa shape index (κ2) is 5.11. The lowest BCUT2D eigenvalue weighted by molar-refractivity contribution is -0.141. The van der Waals surface area contributed by atoms with E-state index in [0.29, 0.717) is 19.3 Å². The molecule has 5 heteroatoms. The lowest BCUT2D eigenvalue weighted by Crippen LogP contribution is -2.38. The molecule has 0 bridgehead atoms. The molecule has 1 aliphatic rings. The number of aliphatic hydroxyl groups excluding tert-OH is 1. The van der Waals surface area contributed by atoms with Crippen LogP contribution in [-0.2, 0) is 9.59 Å². The first kappa shape index (κ1) is 12.0. The van der Waals surface area contributed by atoms with Crippen molar-refractivity contribution in [2.75, 3.05) is 6.61 Å². The van der Waals surface area contributed by atoms with Gasteiger partial charge in [-0.15, -0.1) is 0 Å². The second-order valence-corrected chi connectivity index (χ2v) is 4.14. The lowest BCUT2D eigenvalue weighted by Gasteiger charge is -2.14. The summed E-state index contributed by atoms with van der Waals surface area (Å²) >= 11 is 0. The summed E-state index contributed by atoms with van der Waals surface area (Å²) in [6.07, 6.45) is 1.61. The van der Waals surface area contributed by atoms with Crippen LogP contribution in [0.25, 0.3) is 0 Å². The molecule has 3 atom stereocenters. The minimum atomic E-state index is -0.819. The summed E-state index contributed by atoms with van der Waals surface area (Å²) in [5.41, 5.74) is 0. The number of carbonyl (C=O) groups is 2. The molecule has 1 unspecified atom stereocenters. The van der Waals surface area contributed by atoms with Gasteiger partial charge in [-0.1, -0.05) is 0 Å². The predicted molar refractivity (Wildman–Crippen MR) is 53.2 cm³/mol. The highest BCUT2D eigenvalue weighted by molar-refractivity contribution is 5.81. The number of rotatable bonds is 4. The Morgan fingerprint density at radius 1 is 1.40 bits per heavy atom. The summed E-state index contributed by atoms with van der Waals surface area (Å²) < 4.78 is 0. The van der Waals surface area contributed by atoms with Crippen molar-refractivity contribution in [3.63, 3.8) is 0 Å². The van der Waals surface area contributed by atoms with E-state index in [0.717, 1.165) is 0 Å².